The van der Waals surface area contributed by atoms with Gasteiger partial charge in [-0.2, -0.15) is 0 Å². The van der Waals surface area contributed by atoms with E-state index in [1.807, 2.05) is 54.0 Å². The smallest absolute Gasteiger partial charge is 0.255 e. The molecule has 2 saturated heterocycles. The zero-order valence-electron chi connectivity index (χ0n) is 20.5. The first-order valence-corrected chi connectivity index (χ1v) is 11.9. The van der Waals surface area contributed by atoms with Gasteiger partial charge in [-0.15, -0.1) is 0 Å². The van der Waals surface area contributed by atoms with E-state index in [1.54, 1.807) is 0 Å². The first kappa shape index (κ1) is 24.2. The second-order valence-electron chi connectivity index (χ2n) is 9.17. The molecule has 2 aromatic rings. The van der Waals surface area contributed by atoms with Crippen molar-refractivity contribution in [3.05, 3.63) is 53.1 Å². The van der Waals surface area contributed by atoms with Crippen LogP contribution < -0.4 is 26.6 Å². The zero-order chi connectivity index (χ0) is 25.1. The molecule has 186 valence electrons. The van der Waals surface area contributed by atoms with Crippen LogP contribution in [-0.4, -0.2) is 80.0 Å². The Morgan fingerprint density at radius 2 is 1.34 bits per heavy atom. The second kappa shape index (κ2) is 10.1. The second-order valence-corrected chi connectivity index (χ2v) is 9.17. The van der Waals surface area contributed by atoms with E-state index in [1.165, 1.54) is 0 Å². The van der Waals surface area contributed by atoms with Gasteiger partial charge in [0.1, 0.15) is 0 Å². The Bertz CT molecular complexity index is 1120. The lowest BCUT2D eigenvalue weighted by Gasteiger charge is -2.37. The van der Waals surface area contributed by atoms with Gasteiger partial charge in [-0.05, 0) is 61.4 Å². The number of hydrogen-bond acceptors (Lipinski definition) is 5. The van der Waals surface area contributed by atoms with Gasteiger partial charge in [0.2, 0.25) is 0 Å². The minimum atomic E-state index is -0.132. The SMILES string of the molecule is Cc1cc(N2CCN(C(=N)N)CC2)ccc1NC(=O)c1ccc(N2CCN(C(=N)N)CC2)c(C)c1. The molecular formula is C25H35N9O. The van der Waals surface area contributed by atoms with E-state index >= 15 is 0 Å². The van der Waals surface area contributed by atoms with Crippen LogP contribution in [0.4, 0.5) is 17.1 Å². The quantitative estimate of drug-likeness (QED) is 0.332. The standard InChI is InChI=1S/C25H35N9O/c1-17-16-20(31-7-11-33(12-8-31)24(26)27)4-5-21(17)30-23(35)19-3-6-22(18(2)15-19)32-9-13-34(14-10-32)25(28)29/h3-6,15-16H,7-14H2,1-2H3,(H3,26,27)(H3,28,29)(H,30,35). The van der Waals surface area contributed by atoms with Crippen LogP contribution in [0, 0.1) is 24.7 Å². The monoisotopic (exact) mass is 477 g/mol. The average molecular weight is 478 g/mol. The molecule has 0 spiro atoms. The summed E-state index contributed by atoms with van der Waals surface area (Å²) in [6.07, 6.45) is 0. The molecule has 7 N–H and O–H groups in total. The first-order valence-electron chi connectivity index (χ1n) is 11.9. The Hall–Kier alpha value is -3.95. The number of carbonyl (C=O) groups excluding carboxylic acids is 1. The maximum absolute atomic E-state index is 13.0. The predicted octanol–water partition coefficient (Wildman–Crippen LogP) is 1.59. The highest BCUT2D eigenvalue weighted by molar-refractivity contribution is 6.05. The number of carbonyl (C=O) groups is 1. The molecule has 0 bridgehead atoms. The van der Waals surface area contributed by atoms with Gasteiger partial charge >= 0.3 is 0 Å². The Morgan fingerprint density at radius 3 is 1.86 bits per heavy atom. The van der Waals surface area contributed by atoms with Crippen molar-refractivity contribution < 1.29 is 4.79 Å². The van der Waals surface area contributed by atoms with Crippen LogP contribution in [0.3, 0.4) is 0 Å². The summed E-state index contributed by atoms with van der Waals surface area (Å²) in [5, 5.41) is 18.2. The number of anilines is 3. The van der Waals surface area contributed by atoms with E-state index in [0.717, 1.165) is 80.5 Å². The number of aryl methyl sites for hydroxylation is 2. The van der Waals surface area contributed by atoms with Gasteiger partial charge in [0.15, 0.2) is 11.9 Å². The van der Waals surface area contributed by atoms with Crippen molar-refractivity contribution in [2.45, 2.75) is 13.8 Å². The summed E-state index contributed by atoms with van der Waals surface area (Å²) >= 11 is 0. The molecule has 10 heteroatoms. The molecular weight excluding hydrogens is 442 g/mol. The van der Waals surface area contributed by atoms with Crippen LogP contribution >= 0.6 is 0 Å². The topological polar surface area (TPSA) is 142 Å². The molecule has 2 aromatic carbocycles. The van der Waals surface area contributed by atoms with E-state index in [9.17, 15) is 4.79 Å². The van der Waals surface area contributed by atoms with Crippen molar-refractivity contribution in [1.29, 1.82) is 10.8 Å². The third-order valence-corrected chi connectivity index (χ3v) is 6.86. The largest absolute Gasteiger partial charge is 0.370 e. The van der Waals surface area contributed by atoms with Crippen LogP contribution in [0.15, 0.2) is 36.4 Å². The number of benzene rings is 2. The number of rotatable bonds is 4. The molecule has 2 fully saturated rings. The maximum atomic E-state index is 13.0. The van der Waals surface area contributed by atoms with Gasteiger partial charge in [0.25, 0.3) is 5.91 Å². The van der Waals surface area contributed by atoms with Crippen molar-refractivity contribution in [3.63, 3.8) is 0 Å². The van der Waals surface area contributed by atoms with E-state index in [-0.39, 0.29) is 17.8 Å². The molecule has 2 aliphatic rings. The van der Waals surface area contributed by atoms with E-state index in [2.05, 4.69) is 21.2 Å². The van der Waals surface area contributed by atoms with Gasteiger partial charge in [-0.25, -0.2) is 0 Å². The van der Waals surface area contributed by atoms with Crippen LogP contribution in [0.25, 0.3) is 0 Å². The van der Waals surface area contributed by atoms with Crippen molar-refractivity contribution in [2.75, 3.05) is 67.5 Å². The minimum absolute atomic E-state index is 0.118. The number of nitrogens with one attached hydrogen (secondary N) is 3. The third-order valence-electron chi connectivity index (χ3n) is 6.86. The minimum Gasteiger partial charge on any atom is -0.370 e. The molecule has 0 atom stereocenters. The van der Waals surface area contributed by atoms with Gasteiger partial charge in [-0.3, -0.25) is 15.6 Å². The lowest BCUT2D eigenvalue weighted by Crippen LogP contribution is -2.51. The molecule has 1 amide bonds. The van der Waals surface area contributed by atoms with Crippen molar-refractivity contribution in [2.24, 2.45) is 11.5 Å². The summed E-state index contributed by atoms with van der Waals surface area (Å²) in [5.74, 6) is 0.108. The molecule has 35 heavy (non-hydrogen) atoms. The van der Waals surface area contributed by atoms with Gasteiger partial charge < -0.3 is 36.4 Å². The fraction of sp³-hybridized carbons (Fsp3) is 0.400. The number of piperazine rings is 2. The molecule has 0 aliphatic carbocycles. The molecule has 0 radical (unpaired) electrons. The molecule has 2 heterocycles. The fourth-order valence-corrected chi connectivity index (χ4v) is 4.72. The zero-order valence-corrected chi connectivity index (χ0v) is 20.5. The molecule has 2 aliphatic heterocycles. The third kappa shape index (κ3) is 5.42. The lowest BCUT2D eigenvalue weighted by atomic mass is 10.1. The van der Waals surface area contributed by atoms with E-state index < -0.39 is 0 Å². The first-order chi connectivity index (χ1) is 16.7. The number of amides is 1. The van der Waals surface area contributed by atoms with Crippen molar-refractivity contribution in [1.82, 2.24) is 9.80 Å². The fourth-order valence-electron chi connectivity index (χ4n) is 4.72. The molecule has 10 nitrogen and oxygen atoms in total. The summed E-state index contributed by atoms with van der Waals surface area (Å²) in [6.45, 7) is 10.1. The number of guanidine groups is 2. The number of nitrogens with two attached hydrogens (primary N) is 2. The highest BCUT2D eigenvalue weighted by Crippen LogP contribution is 2.26. The summed E-state index contributed by atoms with van der Waals surface area (Å²) in [7, 11) is 0. The lowest BCUT2D eigenvalue weighted by molar-refractivity contribution is 0.102. The summed E-state index contributed by atoms with van der Waals surface area (Å²) in [4.78, 5) is 21.3. The summed E-state index contributed by atoms with van der Waals surface area (Å²) in [5.41, 5.74) is 16.9. The highest BCUT2D eigenvalue weighted by atomic mass is 16.1. The molecule has 0 aromatic heterocycles. The van der Waals surface area contributed by atoms with Crippen LogP contribution in [0.1, 0.15) is 21.5 Å². The Balaban J connectivity index is 1.38. The van der Waals surface area contributed by atoms with Crippen molar-refractivity contribution in [3.8, 4) is 0 Å². The average Bonchev–Trinajstić information content (AvgIpc) is 2.85. The number of hydrogen-bond donors (Lipinski definition) is 5. The van der Waals surface area contributed by atoms with Crippen LogP contribution in [0.5, 0.6) is 0 Å². The van der Waals surface area contributed by atoms with Gasteiger partial charge in [0.05, 0.1) is 0 Å². The summed E-state index contributed by atoms with van der Waals surface area (Å²) < 4.78 is 0. The van der Waals surface area contributed by atoms with Crippen LogP contribution in [0.2, 0.25) is 0 Å². The Kier molecular flexibility index (Phi) is 6.99. The molecule has 4 rings (SSSR count). The Labute approximate surface area is 206 Å². The predicted molar refractivity (Wildman–Crippen MR) is 142 cm³/mol. The van der Waals surface area contributed by atoms with E-state index in [4.69, 9.17) is 22.3 Å². The van der Waals surface area contributed by atoms with Crippen LogP contribution in [-0.2, 0) is 0 Å². The van der Waals surface area contributed by atoms with Gasteiger partial charge in [-0.1, -0.05) is 0 Å². The highest BCUT2D eigenvalue weighted by Gasteiger charge is 2.21. The normalized spacial score (nSPS) is 16.3. The maximum Gasteiger partial charge on any atom is 0.255 e. The van der Waals surface area contributed by atoms with Gasteiger partial charge in [0, 0.05) is 75.0 Å². The number of nitrogens with zero attached hydrogens (tertiary/aromatic N) is 4. The van der Waals surface area contributed by atoms with Crippen molar-refractivity contribution >= 4 is 34.9 Å². The Morgan fingerprint density at radius 1 is 0.771 bits per heavy atom. The van der Waals surface area contributed by atoms with E-state index in [0.29, 0.717) is 5.56 Å². The molecule has 0 saturated carbocycles. The summed E-state index contributed by atoms with van der Waals surface area (Å²) in [6, 6.07) is 11.9. The molecule has 0 unspecified atom stereocenters.